The molecule has 0 radical (unpaired) electrons. The molecule has 12 rings (SSSR count). The summed E-state index contributed by atoms with van der Waals surface area (Å²) < 4.78 is 5.09. The topological polar surface area (TPSA) is 8.17 Å². The first-order valence-electron chi connectivity index (χ1n) is 20.2. The largest absolute Gasteiger partial charge is 0.310 e. The Hall–Kier alpha value is -7.46. The normalized spacial score (nSPS) is 11.7. The van der Waals surface area contributed by atoms with Crippen LogP contribution in [0, 0.1) is 0 Å². The Labute approximate surface area is 346 Å². The van der Waals surface area contributed by atoms with E-state index in [9.17, 15) is 0 Å². The van der Waals surface area contributed by atoms with Gasteiger partial charge in [0.15, 0.2) is 0 Å². The molecule has 0 spiro atoms. The summed E-state index contributed by atoms with van der Waals surface area (Å²) in [5, 5.41) is 10.1. The highest BCUT2D eigenvalue weighted by Gasteiger charge is 2.23. The predicted octanol–water partition coefficient (Wildman–Crippen LogP) is 16.3. The highest BCUT2D eigenvalue weighted by Crippen LogP contribution is 2.48. The number of hydrogen-bond acceptors (Lipinski definition) is 2. The molecular weight excluding hydrogens is 733 g/mol. The average molecular weight is 769 g/mol. The molecule has 0 bridgehead atoms. The number of thiophene rings is 1. The van der Waals surface area contributed by atoms with E-state index < -0.39 is 0 Å². The van der Waals surface area contributed by atoms with Crippen molar-refractivity contribution in [1.82, 2.24) is 4.57 Å². The van der Waals surface area contributed by atoms with E-state index in [0.717, 1.165) is 17.1 Å². The van der Waals surface area contributed by atoms with Crippen LogP contribution in [0.3, 0.4) is 0 Å². The molecule has 0 atom stereocenters. The molecule has 10 aromatic carbocycles. The summed E-state index contributed by atoms with van der Waals surface area (Å²) in [7, 11) is 0. The van der Waals surface area contributed by atoms with Crippen molar-refractivity contribution in [2.75, 3.05) is 4.90 Å². The number of nitrogens with zero attached hydrogens (tertiary/aromatic N) is 2. The number of para-hydroxylation sites is 2. The van der Waals surface area contributed by atoms with Crippen molar-refractivity contribution in [2.45, 2.75) is 0 Å². The lowest BCUT2D eigenvalue weighted by Gasteiger charge is -2.26. The van der Waals surface area contributed by atoms with Crippen molar-refractivity contribution in [2.24, 2.45) is 0 Å². The second-order valence-corrected chi connectivity index (χ2v) is 16.3. The van der Waals surface area contributed by atoms with Crippen LogP contribution >= 0.6 is 11.3 Å². The van der Waals surface area contributed by atoms with E-state index in [1.807, 2.05) is 11.3 Å². The maximum Gasteiger partial charge on any atom is 0.0554 e. The number of aromatic nitrogens is 1. The Morgan fingerprint density at radius 1 is 0.373 bits per heavy atom. The second-order valence-electron chi connectivity index (χ2n) is 15.3. The van der Waals surface area contributed by atoms with E-state index in [4.69, 9.17) is 0 Å². The van der Waals surface area contributed by atoms with Gasteiger partial charge in [-0.2, -0.15) is 0 Å². The molecule has 0 saturated carbocycles. The van der Waals surface area contributed by atoms with Gasteiger partial charge < -0.3 is 9.47 Å². The van der Waals surface area contributed by atoms with Gasteiger partial charge in [0.25, 0.3) is 0 Å². The molecule has 3 heteroatoms. The highest BCUT2D eigenvalue weighted by atomic mass is 32.1. The van der Waals surface area contributed by atoms with Gasteiger partial charge in [-0.05, 0) is 92.8 Å². The molecular formula is C56H36N2S. The third-order valence-electron chi connectivity index (χ3n) is 12.0. The lowest BCUT2D eigenvalue weighted by atomic mass is 9.99. The molecule has 0 unspecified atom stereocenters. The molecule has 0 amide bonds. The minimum Gasteiger partial charge on any atom is -0.310 e. The molecule has 59 heavy (non-hydrogen) atoms. The van der Waals surface area contributed by atoms with Gasteiger partial charge in [0.05, 0.1) is 22.4 Å². The van der Waals surface area contributed by atoms with Crippen LogP contribution in [-0.4, -0.2) is 4.57 Å². The van der Waals surface area contributed by atoms with Gasteiger partial charge in [-0.25, -0.2) is 0 Å². The number of hydrogen-bond donors (Lipinski definition) is 0. The summed E-state index contributed by atoms with van der Waals surface area (Å²) in [4.78, 5) is 2.46. The van der Waals surface area contributed by atoms with Gasteiger partial charge in [-0.3, -0.25) is 0 Å². The first kappa shape index (κ1) is 33.7. The summed E-state index contributed by atoms with van der Waals surface area (Å²) in [5.41, 5.74) is 11.7. The third-order valence-corrected chi connectivity index (χ3v) is 13.2. The van der Waals surface area contributed by atoms with Gasteiger partial charge in [0, 0.05) is 47.9 Å². The third kappa shape index (κ3) is 5.40. The van der Waals surface area contributed by atoms with Crippen molar-refractivity contribution >= 4 is 91.9 Å². The molecule has 12 aromatic rings. The summed E-state index contributed by atoms with van der Waals surface area (Å²) >= 11 is 1.89. The molecule has 2 heterocycles. The Morgan fingerprint density at radius 3 is 1.85 bits per heavy atom. The van der Waals surface area contributed by atoms with Gasteiger partial charge >= 0.3 is 0 Å². The lowest BCUT2D eigenvalue weighted by molar-refractivity contribution is 1.18. The molecule has 0 aliphatic heterocycles. The monoisotopic (exact) mass is 768 g/mol. The molecule has 0 aliphatic carbocycles. The maximum absolute atomic E-state index is 2.48. The quantitative estimate of drug-likeness (QED) is 0.164. The maximum atomic E-state index is 2.48. The predicted molar refractivity (Wildman–Crippen MR) is 254 cm³/mol. The zero-order valence-corrected chi connectivity index (χ0v) is 32.9. The fraction of sp³-hybridized carbons (Fsp3) is 0. The van der Waals surface area contributed by atoms with Crippen LogP contribution in [0.4, 0.5) is 17.1 Å². The molecule has 0 N–H and O–H groups in total. The fourth-order valence-electron chi connectivity index (χ4n) is 9.29. The van der Waals surface area contributed by atoms with Gasteiger partial charge in [-0.15, -0.1) is 11.3 Å². The number of rotatable bonds is 6. The van der Waals surface area contributed by atoms with E-state index in [1.165, 1.54) is 91.5 Å². The standard InChI is InChI=1S/C56H36N2S/c1-3-14-37(15-4-1)38-26-28-41(29-27-38)44-20-11-12-23-49(44)58-50-35-32-43(36-48(50)54-45-21-9-7-16-39(45)31-34-52(54)58)57(42-18-5-2-6-19-42)51-24-13-25-53-55(51)47-33-30-40-17-8-10-22-46(40)56(47)59-53/h1-36H. The van der Waals surface area contributed by atoms with Crippen molar-refractivity contribution in [3.8, 4) is 27.9 Å². The van der Waals surface area contributed by atoms with E-state index in [-0.39, 0.29) is 0 Å². The van der Waals surface area contributed by atoms with Crippen molar-refractivity contribution in [3.63, 3.8) is 0 Å². The van der Waals surface area contributed by atoms with E-state index >= 15 is 0 Å². The Balaban J connectivity index is 1.10. The van der Waals surface area contributed by atoms with Gasteiger partial charge in [0.2, 0.25) is 0 Å². The van der Waals surface area contributed by atoms with Crippen LogP contribution in [0.25, 0.3) is 91.5 Å². The zero-order valence-electron chi connectivity index (χ0n) is 32.1. The molecule has 0 fully saturated rings. The Morgan fingerprint density at radius 2 is 1.02 bits per heavy atom. The lowest BCUT2D eigenvalue weighted by Crippen LogP contribution is -2.10. The van der Waals surface area contributed by atoms with Crippen LogP contribution in [-0.2, 0) is 0 Å². The number of fused-ring (bicyclic) bond motifs is 10. The Bertz CT molecular complexity index is 3540. The van der Waals surface area contributed by atoms with Crippen LogP contribution in [0.15, 0.2) is 218 Å². The number of anilines is 3. The molecule has 0 saturated heterocycles. The summed E-state index contributed by atoms with van der Waals surface area (Å²) in [6, 6.07) is 79.9. The summed E-state index contributed by atoms with van der Waals surface area (Å²) in [6.07, 6.45) is 0. The van der Waals surface area contributed by atoms with E-state index in [1.54, 1.807) is 0 Å². The zero-order chi connectivity index (χ0) is 38.9. The van der Waals surface area contributed by atoms with Gasteiger partial charge in [0.1, 0.15) is 0 Å². The summed E-state index contributed by atoms with van der Waals surface area (Å²) in [5.74, 6) is 0. The van der Waals surface area contributed by atoms with Crippen molar-refractivity contribution in [1.29, 1.82) is 0 Å². The van der Waals surface area contributed by atoms with E-state index in [2.05, 4.69) is 228 Å². The SMILES string of the molecule is c1ccc(-c2ccc(-c3ccccc3-n3c4ccc(N(c5ccccc5)c5cccc6sc7c8ccccc8ccc7c56)cc4c4c5ccccc5ccc43)cc2)cc1. The smallest absolute Gasteiger partial charge is 0.0554 e. The van der Waals surface area contributed by atoms with E-state index in [0.29, 0.717) is 0 Å². The van der Waals surface area contributed by atoms with Crippen LogP contribution in [0.5, 0.6) is 0 Å². The number of benzene rings is 10. The molecule has 2 nitrogen and oxygen atoms in total. The minimum atomic E-state index is 1.12. The fourth-order valence-corrected chi connectivity index (χ4v) is 10.5. The Kier molecular flexibility index (Phi) is 7.75. The highest BCUT2D eigenvalue weighted by molar-refractivity contribution is 7.26. The van der Waals surface area contributed by atoms with Crippen molar-refractivity contribution < 1.29 is 0 Å². The summed E-state index contributed by atoms with van der Waals surface area (Å²) in [6.45, 7) is 0. The van der Waals surface area contributed by atoms with Crippen LogP contribution in [0.2, 0.25) is 0 Å². The minimum absolute atomic E-state index is 1.12. The first-order valence-corrected chi connectivity index (χ1v) is 21.0. The average Bonchev–Trinajstić information content (AvgIpc) is 3.86. The van der Waals surface area contributed by atoms with Gasteiger partial charge in [-0.1, -0.05) is 164 Å². The van der Waals surface area contributed by atoms with Crippen LogP contribution < -0.4 is 4.90 Å². The van der Waals surface area contributed by atoms with Crippen molar-refractivity contribution in [3.05, 3.63) is 218 Å². The second kappa shape index (κ2) is 13.6. The van der Waals surface area contributed by atoms with Crippen LogP contribution in [0.1, 0.15) is 0 Å². The molecule has 276 valence electrons. The molecule has 2 aromatic heterocycles. The molecule has 0 aliphatic rings. The first-order chi connectivity index (χ1) is 29.3.